The van der Waals surface area contributed by atoms with Crippen LogP contribution < -0.4 is 0 Å². The fraction of sp³-hybridized carbons (Fsp3) is 0.364. The van der Waals surface area contributed by atoms with Gasteiger partial charge in [0, 0.05) is 23.9 Å². The van der Waals surface area contributed by atoms with E-state index < -0.39 is 0 Å². The number of hydrogen-bond donors (Lipinski definition) is 1. The van der Waals surface area contributed by atoms with Crippen LogP contribution in [0.5, 0.6) is 0 Å². The van der Waals surface area contributed by atoms with Gasteiger partial charge in [0.15, 0.2) is 5.82 Å². The van der Waals surface area contributed by atoms with Gasteiger partial charge in [0.1, 0.15) is 5.82 Å². The molecule has 1 aromatic heterocycles. The maximum Gasteiger partial charge on any atom is 0.155 e. The van der Waals surface area contributed by atoms with E-state index in [0.29, 0.717) is 5.92 Å². The van der Waals surface area contributed by atoms with Crippen LogP contribution in [0.25, 0.3) is 0 Å². The van der Waals surface area contributed by atoms with E-state index in [1.807, 2.05) is 24.3 Å². The van der Waals surface area contributed by atoms with E-state index in [1.165, 1.54) is 16.7 Å². The first kappa shape index (κ1) is 18.2. The Labute approximate surface area is 165 Å². The number of nitrogens with one attached hydrogen (secondary N) is 1. The highest BCUT2D eigenvalue weighted by atomic mass is 35.5. The van der Waals surface area contributed by atoms with Crippen LogP contribution in [0.2, 0.25) is 5.02 Å². The van der Waals surface area contributed by atoms with Crippen molar-refractivity contribution in [2.75, 3.05) is 13.1 Å². The molecular weight excluding hydrogens is 356 g/mol. The minimum absolute atomic E-state index is 0.476. The van der Waals surface area contributed by atoms with Crippen LogP contribution in [-0.4, -0.2) is 33.2 Å². The van der Waals surface area contributed by atoms with Gasteiger partial charge in [-0.2, -0.15) is 5.10 Å². The predicted octanol–water partition coefficient (Wildman–Crippen LogP) is 4.74. The Balaban J connectivity index is 1.33. The number of halogens is 1. The third kappa shape index (κ3) is 4.57. The van der Waals surface area contributed by atoms with Crippen LogP contribution >= 0.6 is 11.6 Å². The summed E-state index contributed by atoms with van der Waals surface area (Å²) in [5.41, 5.74) is 3.99. The third-order valence-electron chi connectivity index (χ3n) is 5.45. The van der Waals surface area contributed by atoms with Crippen molar-refractivity contribution in [3.8, 4) is 0 Å². The smallest absolute Gasteiger partial charge is 0.155 e. The number of aromatic nitrogens is 3. The van der Waals surface area contributed by atoms with Crippen molar-refractivity contribution in [2.45, 2.75) is 38.6 Å². The summed E-state index contributed by atoms with van der Waals surface area (Å²) < 4.78 is 0. The average Bonchev–Trinajstić information content (AvgIpc) is 3.15. The Hall–Kier alpha value is -2.17. The summed E-state index contributed by atoms with van der Waals surface area (Å²) in [6.45, 7) is 5.44. The molecule has 1 N–H and O–H groups in total. The molecule has 0 saturated carbocycles. The van der Waals surface area contributed by atoms with E-state index in [2.05, 4.69) is 46.3 Å². The first-order chi connectivity index (χ1) is 13.2. The van der Waals surface area contributed by atoms with Crippen molar-refractivity contribution in [1.29, 1.82) is 0 Å². The molecule has 0 unspecified atom stereocenters. The minimum atomic E-state index is 0.476. The number of likely N-dealkylation sites (tertiary alicyclic amines) is 1. The average molecular weight is 381 g/mol. The Morgan fingerprint density at radius 2 is 1.81 bits per heavy atom. The van der Waals surface area contributed by atoms with Gasteiger partial charge in [-0.3, -0.25) is 10.00 Å². The normalized spacial score (nSPS) is 15.9. The maximum absolute atomic E-state index is 5.95. The van der Waals surface area contributed by atoms with Crippen molar-refractivity contribution in [3.05, 3.63) is 81.9 Å². The molecule has 0 spiro atoms. The van der Waals surface area contributed by atoms with E-state index in [9.17, 15) is 0 Å². The summed E-state index contributed by atoms with van der Waals surface area (Å²) in [5.74, 6) is 2.37. The molecule has 0 atom stereocenters. The number of rotatable bonds is 5. The van der Waals surface area contributed by atoms with Crippen LogP contribution in [0.15, 0.2) is 48.5 Å². The second-order valence-electron chi connectivity index (χ2n) is 7.42. The van der Waals surface area contributed by atoms with Crippen molar-refractivity contribution < 1.29 is 0 Å². The molecule has 140 valence electrons. The lowest BCUT2D eigenvalue weighted by atomic mass is 9.95. The van der Waals surface area contributed by atoms with Crippen molar-refractivity contribution >= 4 is 11.6 Å². The molecular formula is C22H25ClN4. The molecule has 5 heteroatoms. The second kappa shape index (κ2) is 8.24. The number of aryl methyl sites for hydroxylation is 1. The molecule has 1 aliphatic rings. The molecule has 0 amide bonds. The summed E-state index contributed by atoms with van der Waals surface area (Å²) in [4.78, 5) is 7.30. The van der Waals surface area contributed by atoms with E-state index in [0.717, 1.165) is 55.6 Å². The summed E-state index contributed by atoms with van der Waals surface area (Å²) in [5, 5.41) is 8.36. The number of benzene rings is 2. The SMILES string of the molecule is Cc1ccccc1CN1CCC(c2nc(Cc3ccc(Cl)cc3)n[nH]2)CC1. The Morgan fingerprint density at radius 3 is 2.56 bits per heavy atom. The fourth-order valence-corrected chi connectivity index (χ4v) is 3.88. The van der Waals surface area contributed by atoms with E-state index >= 15 is 0 Å². The van der Waals surface area contributed by atoms with Crippen LogP contribution in [-0.2, 0) is 13.0 Å². The van der Waals surface area contributed by atoms with E-state index in [-0.39, 0.29) is 0 Å². The zero-order chi connectivity index (χ0) is 18.6. The molecule has 4 nitrogen and oxygen atoms in total. The number of aromatic amines is 1. The van der Waals surface area contributed by atoms with Gasteiger partial charge in [-0.1, -0.05) is 48.0 Å². The largest absolute Gasteiger partial charge is 0.299 e. The fourth-order valence-electron chi connectivity index (χ4n) is 3.75. The molecule has 0 aliphatic carbocycles. The first-order valence-electron chi connectivity index (χ1n) is 9.60. The number of piperidine rings is 1. The molecule has 1 saturated heterocycles. The summed E-state index contributed by atoms with van der Waals surface area (Å²) in [6.07, 6.45) is 2.99. The monoisotopic (exact) mass is 380 g/mol. The Kier molecular flexibility index (Phi) is 5.55. The molecule has 2 aromatic carbocycles. The summed E-state index contributed by atoms with van der Waals surface area (Å²) in [6, 6.07) is 16.6. The molecule has 4 rings (SSSR count). The predicted molar refractivity (Wildman–Crippen MR) is 109 cm³/mol. The second-order valence-corrected chi connectivity index (χ2v) is 7.85. The van der Waals surface area contributed by atoms with Gasteiger partial charge < -0.3 is 0 Å². The van der Waals surface area contributed by atoms with Crippen LogP contribution in [0.1, 0.15) is 47.1 Å². The number of hydrogen-bond acceptors (Lipinski definition) is 3. The standard InChI is InChI=1S/C22H25ClN4/c1-16-4-2-3-5-19(16)15-27-12-10-18(11-13-27)22-24-21(25-26-22)14-17-6-8-20(23)9-7-17/h2-9,18H,10-15H2,1H3,(H,24,25,26). The van der Waals surface area contributed by atoms with Gasteiger partial charge in [-0.15, -0.1) is 0 Å². The molecule has 27 heavy (non-hydrogen) atoms. The first-order valence-corrected chi connectivity index (χ1v) is 9.97. The zero-order valence-corrected chi connectivity index (χ0v) is 16.4. The molecule has 1 aliphatic heterocycles. The van der Waals surface area contributed by atoms with Gasteiger partial charge in [-0.05, 0) is 61.7 Å². The topological polar surface area (TPSA) is 44.8 Å². The molecule has 0 radical (unpaired) electrons. The summed E-state index contributed by atoms with van der Waals surface area (Å²) >= 11 is 5.95. The van der Waals surface area contributed by atoms with Crippen LogP contribution in [0.3, 0.4) is 0 Å². The minimum Gasteiger partial charge on any atom is -0.299 e. The van der Waals surface area contributed by atoms with Crippen LogP contribution in [0.4, 0.5) is 0 Å². The highest BCUT2D eigenvalue weighted by Crippen LogP contribution is 2.27. The third-order valence-corrected chi connectivity index (χ3v) is 5.71. The van der Waals surface area contributed by atoms with Crippen molar-refractivity contribution in [2.24, 2.45) is 0 Å². The maximum atomic E-state index is 5.95. The van der Waals surface area contributed by atoms with Crippen molar-refractivity contribution in [3.63, 3.8) is 0 Å². The molecule has 1 fully saturated rings. The van der Waals surface area contributed by atoms with Gasteiger partial charge in [0.05, 0.1) is 0 Å². The highest BCUT2D eigenvalue weighted by molar-refractivity contribution is 6.30. The number of nitrogens with zero attached hydrogens (tertiary/aromatic N) is 3. The lowest BCUT2D eigenvalue weighted by molar-refractivity contribution is 0.201. The van der Waals surface area contributed by atoms with Gasteiger partial charge in [0.2, 0.25) is 0 Å². The quantitative estimate of drug-likeness (QED) is 0.695. The lowest BCUT2D eigenvalue weighted by Gasteiger charge is -2.31. The molecule has 3 aromatic rings. The van der Waals surface area contributed by atoms with E-state index in [1.54, 1.807) is 0 Å². The Bertz CT molecular complexity index is 879. The van der Waals surface area contributed by atoms with E-state index in [4.69, 9.17) is 16.6 Å². The van der Waals surface area contributed by atoms with Crippen LogP contribution in [0, 0.1) is 6.92 Å². The van der Waals surface area contributed by atoms with Gasteiger partial charge in [0.25, 0.3) is 0 Å². The zero-order valence-electron chi connectivity index (χ0n) is 15.7. The molecule has 0 bridgehead atoms. The van der Waals surface area contributed by atoms with Crippen molar-refractivity contribution in [1.82, 2.24) is 20.1 Å². The number of H-pyrrole nitrogens is 1. The summed E-state index contributed by atoms with van der Waals surface area (Å²) in [7, 11) is 0. The Morgan fingerprint density at radius 1 is 1.07 bits per heavy atom. The highest BCUT2D eigenvalue weighted by Gasteiger charge is 2.23. The van der Waals surface area contributed by atoms with Gasteiger partial charge >= 0.3 is 0 Å². The molecule has 2 heterocycles. The van der Waals surface area contributed by atoms with Gasteiger partial charge in [-0.25, -0.2) is 4.98 Å². The lowest BCUT2D eigenvalue weighted by Crippen LogP contribution is -2.33.